The Morgan fingerprint density at radius 3 is 2.88 bits per heavy atom. The molecule has 0 spiro atoms. The number of rotatable bonds is 6. The van der Waals surface area contributed by atoms with Crippen molar-refractivity contribution in [3.05, 3.63) is 30.1 Å². The molecule has 2 rings (SSSR count). The third-order valence-electron chi connectivity index (χ3n) is 3.05. The molecule has 92 valence electrons. The van der Waals surface area contributed by atoms with Crippen molar-refractivity contribution in [3.8, 4) is 0 Å². The van der Waals surface area contributed by atoms with Crippen molar-refractivity contribution in [2.45, 2.75) is 39.2 Å². The number of H-pyrrole nitrogens is 1. The van der Waals surface area contributed by atoms with Gasteiger partial charge < -0.3 is 10.3 Å². The van der Waals surface area contributed by atoms with E-state index in [1.54, 1.807) is 0 Å². The fourth-order valence-corrected chi connectivity index (χ4v) is 1.97. The third-order valence-corrected chi connectivity index (χ3v) is 3.05. The van der Waals surface area contributed by atoms with E-state index in [0.717, 1.165) is 23.4 Å². The van der Waals surface area contributed by atoms with Crippen LogP contribution in [0, 0.1) is 0 Å². The predicted molar refractivity (Wildman–Crippen MR) is 72.0 cm³/mol. The molecule has 0 saturated carbocycles. The zero-order chi connectivity index (χ0) is 12.1. The molecule has 17 heavy (non-hydrogen) atoms. The lowest BCUT2D eigenvalue weighted by Gasteiger charge is -2.10. The lowest BCUT2D eigenvalue weighted by atomic mass is 10.2. The van der Waals surface area contributed by atoms with E-state index < -0.39 is 0 Å². The number of para-hydroxylation sites is 2. The number of fused-ring (bicyclic) bond motifs is 1. The molecule has 0 aliphatic heterocycles. The fourth-order valence-electron chi connectivity index (χ4n) is 1.97. The van der Waals surface area contributed by atoms with Gasteiger partial charge in [0, 0.05) is 0 Å². The maximum atomic E-state index is 4.59. The normalized spacial score (nSPS) is 13.1. The minimum Gasteiger partial charge on any atom is -0.341 e. The van der Waals surface area contributed by atoms with Crippen molar-refractivity contribution >= 4 is 11.0 Å². The lowest BCUT2D eigenvalue weighted by molar-refractivity contribution is 0.528. The van der Waals surface area contributed by atoms with Crippen LogP contribution in [0.1, 0.15) is 45.0 Å². The maximum absolute atomic E-state index is 4.59. The second kappa shape index (κ2) is 5.82. The average Bonchev–Trinajstić information content (AvgIpc) is 2.78. The highest BCUT2D eigenvalue weighted by Gasteiger charge is 2.09. The Balaban J connectivity index is 1.96. The molecule has 0 fully saturated rings. The van der Waals surface area contributed by atoms with Crippen LogP contribution in [0.25, 0.3) is 11.0 Å². The van der Waals surface area contributed by atoms with E-state index >= 15 is 0 Å². The Bertz CT molecular complexity index is 428. The second-order valence-corrected chi connectivity index (χ2v) is 4.52. The highest BCUT2D eigenvalue weighted by Crippen LogP contribution is 2.15. The summed E-state index contributed by atoms with van der Waals surface area (Å²) in [7, 11) is 0. The summed E-state index contributed by atoms with van der Waals surface area (Å²) >= 11 is 0. The number of imidazole rings is 1. The van der Waals surface area contributed by atoms with Gasteiger partial charge in [-0.2, -0.15) is 0 Å². The number of hydrogen-bond donors (Lipinski definition) is 2. The highest BCUT2D eigenvalue weighted by molar-refractivity contribution is 5.74. The number of hydrogen-bond acceptors (Lipinski definition) is 2. The Morgan fingerprint density at radius 2 is 2.12 bits per heavy atom. The van der Waals surface area contributed by atoms with Crippen LogP contribution < -0.4 is 5.32 Å². The first-order valence-corrected chi connectivity index (χ1v) is 6.49. The van der Waals surface area contributed by atoms with E-state index in [2.05, 4.69) is 35.2 Å². The van der Waals surface area contributed by atoms with E-state index in [4.69, 9.17) is 0 Å². The molecule has 3 nitrogen and oxygen atoms in total. The van der Waals surface area contributed by atoms with Crippen molar-refractivity contribution in [2.75, 3.05) is 6.54 Å². The van der Waals surface area contributed by atoms with E-state index in [-0.39, 0.29) is 0 Å². The van der Waals surface area contributed by atoms with Crippen molar-refractivity contribution in [2.24, 2.45) is 0 Å². The zero-order valence-electron chi connectivity index (χ0n) is 10.7. The summed E-state index contributed by atoms with van der Waals surface area (Å²) in [5, 5.41) is 3.50. The number of nitrogens with zero attached hydrogens (tertiary/aromatic N) is 1. The van der Waals surface area contributed by atoms with Gasteiger partial charge in [-0.25, -0.2) is 4.98 Å². The molecule has 0 aliphatic carbocycles. The average molecular weight is 231 g/mol. The number of aromatic nitrogens is 2. The first-order valence-electron chi connectivity index (χ1n) is 6.49. The van der Waals surface area contributed by atoms with Crippen molar-refractivity contribution in [3.63, 3.8) is 0 Å². The van der Waals surface area contributed by atoms with Crippen LogP contribution in [0.2, 0.25) is 0 Å². The van der Waals surface area contributed by atoms with Crippen molar-refractivity contribution in [1.29, 1.82) is 0 Å². The minimum absolute atomic E-state index is 0.291. The number of aromatic amines is 1. The Kier molecular flexibility index (Phi) is 4.15. The number of benzene rings is 1. The monoisotopic (exact) mass is 231 g/mol. The van der Waals surface area contributed by atoms with Crippen LogP contribution in [-0.2, 0) is 0 Å². The first kappa shape index (κ1) is 12.1. The van der Waals surface area contributed by atoms with Crippen molar-refractivity contribution < 1.29 is 0 Å². The Labute approximate surface area is 103 Å². The summed E-state index contributed by atoms with van der Waals surface area (Å²) < 4.78 is 0. The van der Waals surface area contributed by atoms with E-state index in [0.29, 0.717) is 6.04 Å². The van der Waals surface area contributed by atoms with Crippen LogP contribution in [0.5, 0.6) is 0 Å². The molecular weight excluding hydrogens is 210 g/mol. The highest BCUT2D eigenvalue weighted by atomic mass is 15.0. The van der Waals surface area contributed by atoms with Crippen LogP contribution in [0.3, 0.4) is 0 Å². The number of unbranched alkanes of at least 4 members (excludes halogenated alkanes) is 2. The predicted octanol–water partition coefficient (Wildman–Crippen LogP) is 3.40. The molecule has 0 amide bonds. The first-order chi connectivity index (χ1) is 8.31. The van der Waals surface area contributed by atoms with Gasteiger partial charge in [0.15, 0.2) is 0 Å². The molecular formula is C14H21N3. The quantitative estimate of drug-likeness (QED) is 0.748. The summed E-state index contributed by atoms with van der Waals surface area (Å²) in [6.45, 7) is 5.44. The van der Waals surface area contributed by atoms with Gasteiger partial charge in [0.25, 0.3) is 0 Å². The summed E-state index contributed by atoms with van der Waals surface area (Å²) in [6, 6.07) is 8.45. The van der Waals surface area contributed by atoms with Gasteiger partial charge >= 0.3 is 0 Å². The van der Waals surface area contributed by atoms with Crippen LogP contribution in [-0.4, -0.2) is 16.5 Å². The Morgan fingerprint density at radius 1 is 1.29 bits per heavy atom. The van der Waals surface area contributed by atoms with Crippen LogP contribution in [0.4, 0.5) is 0 Å². The summed E-state index contributed by atoms with van der Waals surface area (Å²) in [4.78, 5) is 7.96. The molecule has 3 heteroatoms. The standard InChI is InChI=1S/C14H21N3/c1-3-4-7-10-15-11(2)14-16-12-8-5-6-9-13(12)17-14/h5-6,8-9,11,15H,3-4,7,10H2,1-2H3,(H,16,17). The maximum Gasteiger partial charge on any atom is 0.124 e. The Hall–Kier alpha value is -1.35. The van der Waals surface area contributed by atoms with Gasteiger partial charge in [-0.3, -0.25) is 0 Å². The van der Waals surface area contributed by atoms with Gasteiger partial charge in [0.1, 0.15) is 5.82 Å². The molecule has 0 aliphatic rings. The molecule has 1 atom stereocenters. The smallest absolute Gasteiger partial charge is 0.124 e. The van der Waals surface area contributed by atoms with E-state index in [9.17, 15) is 0 Å². The van der Waals surface area contributed by atoms with E-state index in [1.165, 1.54) is 19.3 Å². The van der Waals surface area contributed by atoms with Gasteiger partial charge in [-0.15, -0.1) is 0 Å². The van der Waals surface area contributed by atoms with Crippen molar-refractivity contribution in [1.82, 2.24) is 15.3 Å². The van der Waals surface area contributed by atoms with Crippen LogP contribution in [0.15, 0.2) is 24.3 Å². The topological polar surface area (TPSA) is 40.7 Å². The zero-order valence-corrected chi connectivity index (χ0v) is 10.7. The lowest BCUT2D eigenvalue weighted by Crippen LogP contribution is -2.20. The molecule has 1 unspecified atom stereocenters. The summed E-state index contributed by atoms with van der Waals surface area (Å²) in [5.41, 5.74) is 2.16. The third kappa shape index (κ3) is 3.07. The molecule has 2 N–H and O–H groups in total. The minimum atomic E-state index is 0.291. The molecule has 1 aromatic heterocycles. The van der Waals surface area contributed by atoms with Gasteiger partial charge in [-0.1, -0.05) is 31.9 Å². The summed E-state index contributed by atoms with van der Waals surface area (Å²) in [5.74, 6) is 1.03. The van der Waals surface area contributed by atoms with Gasteiger partial charge in [-0.05, 0) is 32.0 Å². The van der Waals surface area contributed by atoms with Gasteiger partial charge in [0.05, 0.1) is 17.1 Å². The van der Waals surface area contributed by atoms with E-state index in [1.807, 2.05) is 18.2 Å². The van der Waals surface area contributed by atoms with Crippen LogP contribution >= 0.6 is 0 Å². The summed E-state index contributed by atoms with van der Waals surface area (Å²) in [6.07, 6.45) is 3.79. The molecule has 2 aromatic rings. The molecule has 0 bridgehead atoms. The van der Waals surface area contributed by atoms with Gasteiger partial charge in [0.2, 0.25) is 0 Å². The molecule has 0 radical (unpaired) electrons. The largest absolute Gasteiger partial charge is 0.341 e. The number of nitrogens with one attached hydrogen (secondary N) is 2. The SMILES string of the molecule is CCCCCNC(C)c1nc2ccccc2[nH]1. The fraction of sp³-hybridized carbons (Fsp3) is 0.500. The molecule has 1 heterocycles. The molecule has 0 saturated heterocycles. The molecule has 1 aromatic carbocycles. The second-order valence-electron chi connectivity index (χ2n) is 4.52.